The van der Waals surface area contributed by atoms with Gasteiger partial charge in [-0.1, -0.05) is 92.2 Å². The van der Waals surface area contributed by atoms with Crippen molar-refractivity contribution in [2.24, 2.45) is 5.92 Å². The first-order valence-electron chi connectivity index (χ1n) is 8.54. The van der Waals surface area contributed by atoms with Crippen molar-refractivity contribution in [3.8, 4) is 0 Å². The Morgan fingerprint density at radius 3 is 2.24 bits per heavy atom. The molecule has 0 bridgehead atoms. The summed E-state index contributed by atoms with van der Waals surface area (Å²) in [5.74, 6) is 0.769. The van der Waals surface area contributed by atoms with Gasteiger partial charge >= 0.3 is 0 Å². The van der Waals surface area contributed by atoms with E-state index in [0.29, 0.717) is 10.7 Å². The molecular formula is C19H31BrO. The molecular weight excluding hydrogens is 324 g/mol. The second-order valence-corrected chi connectivity index (χ2v) is 7.17. The summed E-state index contributed by atoms with van der Waals surface area (Å²) in [4.78, 5) is 0.487. The molecule has 0 radical (unpaired) electrons. The fourth-order valence-electron chi connectivity index (χ4n) is 3.11. The van der Waals surface area contributed by atoms with Crippen LogP contribution in [0.25, 0.3) is 0 Å². The van der Waals surface area contributed by atoms with E-state index in [1.807, 2.05) is 6.07 Å². The van der Waals surface area contributed by atoms with Gasteiger partial charge in [0.05, 0.1) is 6.61 Å². The number of hydrogen-bond acceptors (Lipinski definition) is 1. The van der Waals surface area contributed by atoms with Gasteiger partial charge in [0.15, 0.2) is 0 Å². The number of aliphatic hydroxyl groups is 1. The average Bonchev–Trinajstić information content (AvgIpc) is 2.54. The van der Waals surface area contributed by atoms with E-state index >= 15 is 0 Å². The molecule has 120 valence electrons. The van der Waals surface area contributed by atoms with Crippen molar-refractivity contribution in [3.63, 3.8) is 0 Å². The lowest BCUT2D eigenvalue weighted by Gasteiger charge is -2.30. The summed E-state index contributed by atoms with van der Waals surface area (Å²) in [7, 11) is 0. The molecule has 0 aliphatic heterocycles. The minimum absolute atomic E-state index is 0.242. The summed E-state index contributed by atoms with van der Waals surface area (Å²) >= 11 is 3.85. The third-order valence-corrected chi connectivity index (χ3v) is 5.76. The van der Waals surface area contributed by atoms with E-state index in [1.165, 1.54) is 44.1 Å². The summed E-state index contributed by atoms with van der Waals surface area (Å²) in [6.07, 6.45) is 8.89. The molecule has 2 heteroatoms. The molecule has 21 heavy (non-hydrogen) atoms. The van der Waals surface area contributed by atoms with Crippen LogP contribution in [0.1, 0.15) is 70.3 Å². The van der Waals surface area contributed by atoms with E-state index in [-0.39, 0.29) is 12.5 Å². The third-order valence-electron chi connectivity index (χ3n) is 4.44. The maximum atomic E-state index is 9.91. The lowest BCUT2D eigenvalue weighted by molar-refractivity contribution is 0.213. The molecule has 0 saturated heterocycles. The zero-order chi connectivity index (χ0) is 15.5. The van der Waals surface area contributed by atoms with Gasteiger partial charge in [0.25, 0.3) is 0 Å². The van der Waals surface area contributed by atoms with Crippen LogP contribution in [0.4, 0.5) is 0 Å². The predicted octanol–water partition coefficient (Wildman–Crippen LogP) is 5.91. The van der Waals surface area contributed by atoms with Crippen LogP contribution in [0.15, 0.2) is 30.3 Å². The van der Waals surface area contributed by atoms with Crippen LogP contribution in [0.2, 0.25) is 0 Å². The fourth-order valence-corrected chi connectivity index (χ4v) is 3.74. The van der Waals surface area contributed by atoms with Gasteiger partial charge in [-0.15, -0.1) is 0 Å². The first-order chi connectivity index (χ1) is 10.2. The Labute approximate surface area is 139 Å². The van der Waals surface area contributed by atoms with Crippen LogP contribution < -0.4 is 0 Å². The Kier molecular flexibility index (Phi) is 10.0. The number of rotatable bonds is 11. The lowest BCUT2D eigenvalue weighted by Crippen LogP contribution is -2.25. The van der Waals surface area contributed by atoms with E-state index < -0.39 is 0 Å². The summed E-state index contributed by atoms with van der Waals surface area (Å²) in [5.41, 5.74) is 1.27. The van der Waals surface area contributed by atoms with E-state index in [1.54, 1.807) is 0 Å². The molecule has 0 saturated carbocycles. The van der Waals surface area contributed by atoms with E-state index in [4.69, 9.17) is 0 Å². The van der Waals surface area contributed by atoms with E-state index in [9.17, 15) is 5.11 Å². The highest BCUT2D eigenvalue weighted by atomic mass is 79.9. The van der Waals surface area contributed by atoms with E-state index in [0.717, 1.165) is 6.42 Å². The molecule has 1 aromatic rings. The molecule has 1 aromatic carbocycles. The summed E-state index contributed by atoms with van der Waals surface area (Å²) in [5, 5.41) is 9.91. The number of halogens is 1. The van der Waals surface area contributed by atoms with Crippen LogP contribution in [0.3, 0.4) is 0 Å². The Morgan fingerprint density at radius 1 is 1.00 bits per heavy atom. The minimum atomic E-state index is 0.242. The molecule has 0 aromatic heterocycles. The van der Waals surface area contributed by atoms with Gasteiger partial charge in [-0.3, -0.25) is 0 Å². The van der Waals surface area contributed by atoms with Crippen molar-refractivity contribution in [1.82, 2.24) is 0 Å². The topological polar surface area (TPSA) is 20.2 Å². The Hall–Kier alpha value is -0.340. The smallest absolute Gasteiger partial charge is 0.0502 e. The zero-order valence-electron chi connectivity index (χ0n) is 13.6. The summed E-state index contributed by atoms with van der Waals surface area (Å²) in [6.45, 7) is 4.72. The van der Waals surface area contributed by atoms with Crippen LogP contribution in [0.5, 0.6) is 0 Å². The molecule has 0 amide bonds. The second kappa shape index (κ2) is 11.3. The van der Waals surface area contributed by atoms with Crippen molar-refractivity contribution in [2.75, 3.05) is 6.61 Å². The van der Waals surface area contributed by atoms with Gasteiger partial charge in [-0.2, -0.15) is 0 Å². The summed E-state index contributed by atoms with van der Waals surface area (Å²) in [6, 6.07) is 10.5. The van der Waals surface area contributed by atoms with Crippen LogP contribution in [-0.4, -0.2) is 16.5 Å². The molecule has 0 spiro atoms. The van der Waals surface area contributed by atoms with Gasteiger partial charge in [-0.25, -0.2) is 0 Å². The molecule has 1 nitrogen and oxygen atoms in total. The highest BCUT2D eigenvalue weighted by Crippen LogP contribution is 2.35. The summed E-state index contributed by atoms with van der Waals surface area (Å²) < 4.78 is 0. The monoisotopic (exact) mass is 354 g/mol. The van der Waals surface area contributed by atoms with Crippen molar-refractivity contribution >= 4 is 15.9 Å². The molecule has 1 N–H and O–H groups in total. The standard InChI is InChI=1S/C19H31BrO/c1-3-5-6-7-11-14-17(19(20)4-2)18(15-21)16-12-9-8-10-13-16/h8-10,12-13,17-19,21H,3-7,11,14-15H2,1-2H3/t17?,18-,19?/m1/s1. The van der Waals surface area contributed by atoms with Gasteiger partial charge < -0.3 is 5.11 Å². The molecule has 1 rings (SSSR count). The quantitative estimate of drug-likeness (QED) is 0.386. The molecule has 0 aliphatic carbocycles. The maximum absolute atomic E-state index is 9.91. The molecule has 0 heterocycles. The highest BCUT2D eigenvalue weighted by Gasteiger charge is 2.27. The Morgan fingerprint density at radius 2 is 1.67 bits per heavy atom. The van der Waals surface area contributed by atoms with Crippen LogP contribution in [-0.2, 0) is 0 Å². The first-order valence-corrected chi connectivity index (χ1v) is 9.46. The van der Waals surface area contributed by atoms with Gasteiger partial charge in [0.2, 0.25) is 0 Å². The second-order valence-electron chi connectivity index (χ2n) is 5.99. The minimum Gasteiger partial charge on any atom is -0.396 e. The lowest BCUT2D eigenvalue weighted by atomic mass is 9.80. The number of unbranched alkanes of at least 4 members (excludes halogenated alkanes) is 4. The van der Waals surface area contributed by atoms with Crippen molar-refractivity contribution in [1.29, 1.82) is 0 Å². The highest BCUT2D eigenvalue weighted by molar-refractivity contribution is 9.09. The number of benzene rings is 1. The molecule has 3 atom stereocenters. The van der Waals surface area contributed by atoms with Gasteiger partial charge in [0.1, 0.15) is 0 Å². The maximum Gasteiger partial charge on any atom is 0.0502 e. The predicted molar refractivity (Wildman–Crippen MR) is 96.1 cm³/mol. The largest absolute Gasteiger partial charge is 0.396 e. The number of aliphatic hydroxyl groups excluding tert-OH is 1. The average molecular weight is 355 g/mol. The van der Waals surface area contributed by atoms with E-state index in [2.05, 4.69) is 54.0 Å². The Bertz CT molecular complexity index is 352. The normalized spacial score (nSPS) is 15.6. The number of alkyl halides is 1. The van der Waals surface area contributed by atoms with Crippen molar-refractivity contribution in [3.05, 3.63) is 35.9 Å². The van der Waals surface area contributed by atoms with Gasteiger partial charge in [0, 0.05) is 10.7 Å². The first kappa shape index (κ1) is 18.7. The number of hydrogen-bond donors (Lipinski definition) is 1. The third kappa shape index (κ3) is 6.52. The molecule has 0 fully saturated rings. The van der Waals surface area contributed by atoms with Crippen LogP contribution in [0, 0.1) is 5.92 Å². The van der Waals surface area contributed by atoms with Crippen molar-refractivity contribution in [2.45, 2.75) is 69.5 Å². The Balaban J connectivity index is 2.66. The fraction of sp³-hybridized carbons (Fsp3) is 0.684. The van der Waals surface area contributed by atoms with Crippen LogP contribution >= 0.6 is 15.9 Å². The van der Waals surface area contributed by atoms with Crippen molar-refractivity contribution < 1.29 is 5.11 Å². The zero-order valence-corrected chi connectivity index (χ0v) is 15.2. The molecule has 2 unspecified atom stereocenters. The SMILES string of the molecule is CCCCCCCC(C(Br)CC)[C@H](CO)c1ccccc1. The van der Waals surface area contributed by atoms with Gasteiger partial charge in [-0.05, 0) is 24.3 Å². The molecule has 0 aliphatic rings.